The standard InChI is InChI=1S/C18H26N2O3/c1-22-16-11-14-5-10-20(13-15(14)12-17(16)23-2)18(21)6-9-19-7-3-4-8-19/h11-12H,3-10,13H2,1-2H3. The number of rotatable bonds is 5. The van der Waals surface area contributed by atoms with Crippen LogP contribution >= 0.6 is 0 Å². The van der Waals surface area contributed by atoms with Gasteiger partial charge < -0.3 is 19.3 Å². The lowest BCUT2D eigenvalue weighted by atomic mass is 9.98. The van der Waals surface area contributed by atoms with E-state index in [9.17, 15) is 4.79 Å². The first-order chi connectivity index (χ1) is 11.2. The molecule has 3 rings (SSSR count). The van der Waals surface area contributed by atoms with Gasteiger partial charge in [0.2, 0.25) is 5.91 Å². The molecule has 0 radical (unpaired) electrons. The van der Waals surface area contributed by atoms with E-state index >= 15 is 0 Å². The number of nitrogens with zero attached hydrogens (tertiary/aromatic N) is 2. The minimum absolute atomic E-state index is 0.261. The summed E-state index contributed by atoms with van der Waals surface area (Å²) in [6.07, 6.45) is 4.05. The fourth-order valence-corrected chi connectivity index (χ4v) is 3.51. The average molecular weight is 318 g/mol. The van der Waals surface area contributed by atoms with E-state index in [2.05, 4.69) is 4.90 Å². The third-order valence-corrected chi connectivity index (χ3v) is 4.91. The highest BCUT2D eigenvalue weighted by atomic mass is 16.5. The molecule has 0 unspecified atom stereocenters. The summed E-state index contributed by atoms with van der Waals surface area (Å²) in [5.41, 5.74) is 2.43. The van der Waals surface area contributed by atoms with Crippen LogP contribution < -0.4 is 9.47 Å². The number of fused-ring (bicyclic) bond motifs is 1. The van der Waals surface area contributed by atoms with E-state index in [1.54, 1.807) is 14.2 Å². The zero-order chi connectivity index (χ0) is 16.2. The monoisotopic (exact) mass is 318 g/mol. The summed E-state index contributed by atoms with van der Waals surface area (Å²) in [4.78, 5) is 16.9. The maximum Gasteiger partial charge on any atom is 0.224 e. The molecule has 0 aromatic heterocycles. The molecule has 5 heteroatoms. The lowest BCUT2D eigenvalue weighted by Gasteiger charge is -2.30. The van der Waals surface area contributed by atoms with Crippen molar-refractivity contribution in [2.75, 3.05) is 40.4 Å². The highest BCUT2D eigenvalue weighted by Gasteiger charge is 2.23. The second kappa shape index (κ2) is 7.21. The Hall–Kier alpha value is -1.75. The first kappa shape index (κ1) is 16.1. The van der Waals surface area contributed by atoms with Gasteiger partial charge in [0.25, 0.3) is 0 Å². The summed E-state index contributed by atoms with van der Waals surface area (Å²) in [5.74, 6) is 1.76. The second-order valence-electron chi connectivity index (χ2n) is 6.34. The normalized spacial score (nSPS) is 17.9. The molecular formula is C18H26N2O3. The largest absolute Gasteiger partial charge is 0.493 e. The van der Waals surface area contributed by atoms with Crippen molar-refractivity contribution in [2.24, 2.45) is 0 Å². The van der Waals surface area contributed by atoms with E-state index in [1.165, 1.54) is 24.0 Å². The molecule has 2 heterocycles. The highest BCUT2D eigenvalue weighted by molar-refractivity contribution is 5.76. The lowest BCUT2D eigenvalue weighted by molar-refractivity contribution is -0.132. The predicted molar refractivity (Wildman–Crippen MR) is 89.0 cm³/mol. The Morgan fingerprint density at radius 1 is 1.04 bits per heavy atom. The third kappa shape index (κ3) is 3.61. The van der Waals surface area contributed by atoms with Gasteiger partial charge in [-0.25, -0.2) is 0 Å². The van der Waals surface area contributed by atoms with Crippen molar-refractivity contribution in [3.63, 3.8) is 0 Å². The van der Waals surface area contributed by atoms with Gasteiger partial charge in [-0.15, -0.1) is 0 Å². The molecule has 23 heavy (non-hydrogen) atoms. The number of carbonyl (C=O) groups is 1. The van der Waals surface area contributed by atoms with Crippen molar-refractivity contribution in [1.29, 1.82) is 0 Å². The van der Waals surface area contributed by atoms with Crippen LogP contribution in [0.4, 0.5) is 0 Å². The van der Waals surface area contributed by atoms with Crippen LogP contribution in [-0.2, 0) is 17.8 Å². The van der Waals surface area contributed by atoms with E-state index in [0.29, 0.717) is 13.0 Å². The molecule has 5 nitrogen and oxygen atoms in total. The van der Waals surface area contributed by atoms with Crippen LogP contribution in [0.2, 0.25) is 0 Å². The van der Waals surface area contributed by atoms with Crippen molar-refractivity contribution in [3.05, 3.63) is 23.3 Å². The minimum atomic E-state index is 0.261. The maximum absolute atomic E-state index is 12.5. The molecule has 2 aliphatic rings. The van der Waals surface area contributed by atoms with Crippen molar-refractivity contribution in [3.8, 4) is 11.5 Å². The summed E-state index contributed by atoms with van der Waals surface area (Å²) in [7, 11) is 3.30. The molecule has 1 fully saturated rings. The number of hydrogen-bond donors (Lipinski definition) is 0. The van der Waals surface area contributed by atoms with Crippen molar-refractivity contribution in [2.45, 2.75) is 32.2 Å². The fourth-order valence-electron chi connectivity index (χ4n) is 3.51. The zero-order valence-corrected chi connectivity index (χ0v) is 14.1. The van der Waals surface area contributed by atoms with Gasteiger partial charge in [-0.3, -0.25) is 4.79 Å². The van der Waals surface area contributed by atoms with E-state index in [4.69, 9.17) is 9.47 Å². The summed E-state index contributed by atoms with van der Waals surface area (Å²) in [6, 6.07) is 4.05. The third-order valence-electron chi connectivity index (χ3n) is 4.91. The molecule has 0 atom stereocenters. The maximum atomic E-state index is 12.5. The van der Waals surface area contributed by atoms with Gasteiger partial charge in [0.15, 0.2) is 11.5 Å². The molecular weight excluding hydrogens is 292 g/mol. The average Bonchev–Trinajstić information content (AvgIpc) is 3.11. The summed E-state index contributed by atoms with van der Waals surface area (Å²) < 4.78 is 10.7. The number of hydrogen-bond acceptors (Lipinski definition) is 4. The van der Waals surface area contributed by atoms with Gasteiger partial charge >= 0.3 is 0 Å². The molecule has 1 saturated heterocycles. The first-order valence-electron chi connectivity index (χ1n) is 8.45. The zero-order valence-electron chi connectivity index (χ0n) is 14.1. The van der Waals surface area contributed by atoms with E-state index in [1.807, 2.05) is 17.0 Å². The van der Waals surface area contributed by atoms with Gasteiger partial charge in [-0.05, 0) is 55.6 Å². The Bertz CT molecular complexity index is 568. The van der Waals surface area contributed by atoms with Crippen molar-refractivity contribution in [1.82, 2.24) is 9.80 Å². The molecule has 0 spiro atoms. The number of carbonyl (C=O) groups excluding carboxylic acids is 1. The van der Waals surface area contributed by atoms with Crippen LogP contribution in [0.3, 0.4) is 0 Å². The van der Waals surface area contributed by atoms with E-state index in [-0.39, 0.29) is 5.91 Å². The van der Waals surface area contributed by atoms with E-state index < -0.39 is 0 Å². The SMILES string of the molecule is COc1cc2c(cc1OC)CN(C(=O)CCN1CCCC1)CC2. The van der Waals surface area contributed by atoms with Gasteiger partial charge in [-0.1, -0.05) is 0 Å². The fraction of sp³-hybridized carbons (Fsp3) is 0.611. The van der Waals surface area contributed by atoms with Crippen LogP contribution in [0, 0.1) is 0 Å². The second-order valence-corrected chi connectivity index (χ2v) is 6.34. The molecule has 126 valence electrons. The molecule has 1 amide bonds. The summed E-state index contributed by atoms with van der Waals surface area (Å²) in [6.45, 7) is 4.66. The lowest BCUT2D eigenvalue weighted by Crippen LogP contribution is -2.37. The van der Waals surface area contributed by atoms with Crippen molar-refractivity contribution >= 4 is 5.91 Å². The number of likely N-dealkylation sites (tertiary alicyclic amines) is 1. The Morgan fingerprint density at radius 2 is 1.70 bits per heavy atom. The van der Waals surface area contributed by atoms with Gasteiger partial charge in [-0.2, -0.15) is 0 Å². The Kier molecular flexibility index (Phi) is 5.06. The van der Waals surface area contributed by atoms with Crippen molar-refractivity contribution < 1.29 is 14.3 Å². The molecule has 1 aromatic rings. The minimum Gasteiger partial charge on any atom is -0.493 e. The quantitative estimate of drug-likeness (QED) is 0.833. The summed E-state index contributed by atoms with van der Waals surface area (Å²) >= 11 is 0. The highest BCUT2D eigenvalue weighted by Crippen LogP contribution is 2.33. The Labute approximate surface area is 138 Å². The first-order valence-corrected chi connectivity index (χ1v) is 8.45. The smallest absolute Gasteiger partial charge is 0.224 e. The number of amides is 1. The van der Waals surface area contributed by atoms with Gasteiger partial charge in [0.05, 0.1) is 14.2 Å². The molecule has 0 bridgehead atoms. The van der Waals surface area contributed by atoms with Gasteiger partial charge in [0.1, 0.15) is 0 Å². The summed E-state index contributed by atoms with van der Waals surface area (Å²) in [5, 5.41) is 0. The molecule has 0 saturated carbocycles. The van der Waals surface area contributed by atoms with Crippen LogP contribution in [0.15, 0.2) is 12.1 Å². The predicted octanol–water partition coefficient (Wildman–Crippen LogP) is 2.07. The topological polar surface area (TPSA) is 42.0 Å². The van der Waals surface area contributed by atoms with Crippen LogP contribution in [0.5, 0.6) is 11.5 Å². The number of methoxy groups -OCH3 is 2. The van der Waals surface area contributed by atoms with Crippen LogP contribution in [-0.4, -0.2) is 56.1 Å². The number of ether oxygens (including phenoxy) is 2. The molecule has 0 N–H and O–H groups in total. The van der Waals surface area contributed by atoms with Gasteiger partial charge in [0, 0.05) is 26.1 Å². The van der Waals surface area contributed by atoms with Crippen LogP contribution in [0.1, 0.15) is 30.4 Å². The van der Waals surface area contributed by atoms with E-state index in [0.717, 1.165) is 44.1 Å². The Morgan fingerprint density at radius 3 is 2.35 bits per heavy atom. The molecule has 0 aliphatic carbocycles. The van der Waals surface area contributed by atoms with Crippen LogP contribution in [0.25, 0.3) is 0 Å². The molecule has 2 aliphatic heterocycles. The molecule has 1 aromatic carbocycles. The number of benzene rings is 1. The Balaban J connectivity index is 1.63.